The fourth-order valence-electron chi connectivity index (χ4n) is 3.20. The van der Waals surface area contributed by atoms with Gasteiger partial charge in [0.1, 0.15) is 11.6 Å². The quantitative estimate of drug-likeness (QED) is 0.904. The second kappa shape index (κ2) is 6.66. The molecule has 0 unspecified atom stereocenters. The molecular weight excluding hydrogens is 325 g/mol. The van der Waals surface area contributed by atoms with Crippen molar-refractivity contribution in [2.75, 3.05) is 18.9 Å². The molecule has 2 aromatic rings. The maximum Gasteiger partial charge on any atom is 0.245 e. The van der Waals surface area contributed by atoms with Crippen LogP contribution >= 0.6 is 0 Å². The van der Waals surface area contributed by atoms with Gasteiger partial charge in [0.25, 0.3) is 0 Å². The summed E-state index contributed by atoms with van der Waals surface area (Å²) >= 11 is 0. The summed E-state index contributed by atoms with van der Waals surface area (Å²) in [7, 11) is 1.58. The van der Waals surface area contributed by atoms with Gasteiger partial charge in [0.15, 0.2) is 5.82 Å². The van der Waals surface area contributed by atoms with Crippen molar-refractivity contribution < 1.29 is 18.5 Å². The highest BCUT2D eigenvalue weighted by Crippen LogP contribution is 2.45. The Hall–Kier alpha value is -2.70. The number of likely N-dealkylation sites (N-methyl/N-ethyl adjacent to an activating group) is 1. The highest BCUT2D eigenvalue weighted by atomic mass is 19.1. The van der Waals surface area contributed by atoms with E-state index < -0.39 is 5.41 Å². The molecule has 1 aromatic carbocycles. The van der Waals surface area contributed by atoms with Gasteiger partial charge in [-0.1, -0.05) is 23.7 Å². The topological polar surface area (TPSA) is 75.4 Å². The molecule has 0 saturated heterocycles. The molecule has 0 radical (unpaired) electrons. The van der Waals surface area contributed by atoms with Gasteiger partial charge in [-0.3, -0.25) is 9.59 Å². The summed E-state index contributed by atoms with van der Waals surface area (Å²) in [5.41, 5.74) is -0.0649. The third-order valence-electron chi connectivity index (χ3n) is 4.62. The number of carbonyl (C=O) groups is 2. The summed E-state index contributed by atoms with van der Waals surface area (Å²) in [6.45, 7) is 1.61. The molecule has 0 atom stereocenters. The molecule has 1 N–H and O–H groups in total. The normalized spacial score (nSPS) is 15.3. The van der Waals surface area contributed by atoms with E-state index in [1.54, 1.807) is 32.2 Å². The van der Waals surface area contributed by atoms with Crippen LogP contribution in [0, 0.1) is 12.7 Å². The van der Waals surface area contributed by atoms with Gasteiger partial charge >= 0.3 is 0 Å². The van der Waals surface area contributed by atoms with Gasteiger partial charge in [-0.25, -0.2) is 4.39 Å². The molecule has 1 aliphatic rings. The molecule has 0 spiro atoms. The van der Waals surface area contributed by atoms with E-state index in [1.807, 2.05) is 0 Å². The smallest absolute Gasteiger partial charge is 0.245 e. The minimum Gasteiger partial charge on any atom is -0.360 e. The lowest BCUT2D eigenvalue weighted by Crippen LogP contribution is -2.51. The van der Waals surface area contributed by atoms with Crippen molar-refractivity contribution in [3.8, 4) is 0 Å². The molecule has 3 rings (SSSR count). The molecule has 2 amide bonds. The Morgan fingerprint density at radius 3 is 2.68 bits per heavy atom. The monoisotopic (exact) mass is 345 g/mol. The number of rotatable bonds is 5. The van der Waals surface area contributed by atoms with Crippen LogP contribution < -0.4 is 5.32 Å². The molecule has 132 valence electrons. The number of hydrogen-bond donors (Lipinski definition) is 1. The summed E-state index contributed by atoms with van der Waals surface area (Å²) in [6.07, 6.45) is 2.22. The van der Waals surface area contributed by atoms with Crippen molar-refractivity contribution in [3.63, 3.8) is 0 Å². The van der Waals surface area contributed by atoms with E-state index in [9.17, 15) is 14.0 Å². The molecule has 7 heteroatoms. The maximum atomic E-state index is 13.6. The predicted octanol–water partition coefficient (Wildman–Crippen LogP) is 2.64. The Labute approximate surface area is 145 Å². The lowest BCUT2D eigenvalue weighted by molar-refractivity contribution is -0.141. The first-order chi connectivity index (χ1) is 11.9. The lowest BCUT2D eigenvalue weighted by Gasteiger charge is -2.43. The SMILES string of the molecule is Cc1cc(NC(=O)CN(C)C(=O)C2(c3cccc(F)c3)CCC2)no1. The average molecular weight is 345 g/mol. The number of aromatic nitrogens is 1. The van der Waals surface area contributed by atoms with E-state index in [0.717, 1.165) is 6.42 Å². The van der Waals surface area contributed by atoms with Crippen molar-refractivity contribution in [1.82, 2.24) is 10.1 Å². The van der Waals surface area contributed by atoms with Gasteiger partial charge in [-0.05, 0) is 37.5 Å². The lowest BCUT2D eigenvalue weighted by atomic mass is 9.63. The Balaban J connectivity index is 1.69. The zero-order valence-corrected chi connectivity index (χ0v) is 14.2. The number of nitrogens with one attached hydrogen (secondary N) is 1. The van der Waals surface area contributed by atoms with Crippen LogP contribution in [-0.2, 0) is 15.0 Å². The van der Waals surface area contributed by atoms with E-state index in [2.05, 4.69) is 10.5 Å². The molecule has 1 aromatic heterocycles. The van der Waals surface area contributed by atoms with E-state index >= 15 is 0 Å². The third kappa shape index (κ3) is 3.40. The molecule has 0 bridgehead atoms. The minimum absolute atomic E-state index is 0.109. The highest BCUT2D eigenvalue weighted by molar-refractivity contribution is 5.96. The number of carbonyl (C=O) groups excluding carboxylic acids is 2. The second-order valence-electron chi connectivity index (χ2n) is 6.48. The molecule has 1 heterocycles. The number of benzene rings is 1. The second-order valence-corrected chi connectivity index (χ2v) is 6.48. The van der Waals surface area contributed by atoms with Gasteiger partial charge in [0, 0.05) is 13.1 Å². The zero-order valence-electron chi connectivity index (χ0n) is 14.2. The van der Waals surface area contributed by atoms with Gasteiger partial charge < -0.3 is 14.7 Å². The van der Waals surface area contributed by atoms with E-state index in [1.165, 1.54) is 17.0 Å². The van der Waals surface area contributed by atoms with Gasteiger partial charge in [-0.2, -0.15) is 0 Å². The van der Waals surface area contributed by atoms with Crippen LogP contribution in [0.5, 0.6) is 0 Å². The summed E-state index contributed by atoms with van der Waals surface area (Å²) in [5, 5.41) is 6.28. The largest absolute Gasteiger partial charge is 0.360 e. The summed E-state index contributed by atoms with van der Waals surface area (Å²) < 4.78 is 18.5. The number of anilines is 1. The molecule has 0 aliphatic heterocycles. The molecule has 1 fully saturated rings. The number of nitrogens with zero attached hydrogens (tertiary/aromatic N) is 2. The standard InChI is InChI=1S/C18H20FN3O3/c1-12-9-15(21-25-12)20-16(23)11-22(2)17(24)18(7-4-8-18)13-5-3-6-14(19)10-13/h3,5-6,9-10H,4,7-8,11H2,1-2H3,(H,20,21,23). The Morgan fingerprint density at radius 2 is 2.12 bits per heavy atom. The van der Waals surface area contributed by atoms with Crippen LogP contribution in [0.3, 0.4) is 0 Å². The molecule has 1 aliphatic carbocycles. The van der Waals surface area contributed by atoms with Crippen molar-refractivity contribution >= 4 is 17.6 Å². The Morgan fingerprint density at radius 1 is 1.36 bits per heavy atom. The zero-order chi connectivity index (χ0) is 18.0. The summed E-state index contributed by atoms with van der Waals surface area (Å²) in [5.74, 6) is -0.00170. The number of aryl methyl sites for hydroxylation is 1. The number of hydrogen-bond acceptors (Lipinski definition) is 4. The van der Waals surface area contributed by atoms with Crippen LogP contribution in [-0.4, -0.2) is 35.5 Å². The maximum absolute atomic E-state index is 13.6. The Bertz CT molecular complexity index is 798. The fraction of sp³-hybridized carbons (Fsp3) is 0.389. The first kappa shape index (κ1) is 17.1. The van der Waals surface area contributed by atoms with Crippen LogP contribution in [0.1, 0.15) is 30.6 Å². The van der Waals surface area contributed by atoms with E-state index in [-0.39, 0.29) is 24.2 Å². The van der Waals surface area contributed by atoms with Crippen LogP contribution in [0.25, 0.3) is 0 Å². The van der Waals surface area contributed by atoms with Gasteiger partial charge in [0.2, 0.25) is 11.8 Å². The summed E-state index contributed by atoms with van der Waals surface area (Å²) in [4.78, 5) is 26.4. The average Bonchev–Trinajstić information content (AvgIpc) is 2.91. The van der Waals surface area contributed by atoms with Crippen LogP contribution in [0.2, 0.25) is 0 Å². The predicted molar refractivity (Wildman–Crippen MR) is 89.4 cm³/mol. The van der Waals surface area contributed by atoms with Crippen molar-refractivity contribution in [2.45, 2.75) is 31.6 Å². The molecule has 1 saturated carbocycles. The molecule has 6 nitrogen and oxygen atoms in total. The van der Waals surface area contributed by atoms with Crippen LogP contribution in [0.4, 0.5) is 10.2 Å². The molecular formula is C18H20FN3O3. The highest BCUT2D eigenvalue weighted by Gasteiger charge is 2.47. The van der Waals surface area contributed by atoms with Gasteiger partial charge in [0.05, 0.1) is 12.0 Å². The van der Waals surface area contributed by atoms with Crippen LogP contribution in [0.15, 0.2) is 34.9 Å². The molecule has 25 heavy (non-hydrogen) atoms. The first-order valence-electron chi connectivity index (χ1n) is 8.15. The van der Waals surface area contributed by atoms with Gasteiger partial charge in [-0.15, -0.1) is 0 Å². The number of amides is 2. The first-order valence-corrected chi connectivity index (χ1v) is 8.15. The van der Waals surface area contributed by atoms with Crippen molar-refractivity contribution in [3.05, 3.63) is 47.5 Å². The van der Waals surface area contributed by atoms with E-state index in [0.29, 0.717) is 30.0 Å². The number of halogens is 1. The third-order valence-corrected chi connectivity index (χ3v) is 4.62. The summed E-state index contributed by atoms with van der Waals surface area (Å²) in [6, 6.07) is 7.74. The fourth-order valence-corrected chi connectivity index (χ4v) is 3.20. The Kier molecular flexibility index (Phi) is 4.57. The van der Waals surface area contributed by atoms with Crippen molar-refractivity contribution in [1.29, 1.82) is 0 Å². The van der Waals surface area contributed by atoms with E-state index in [4.69, 9.17) is 4.52 Å². The minimum atomic E-state index is -0.735. The van der Waals surface area contributed by atoms with Crippen molar-refractivity contribution in [2.24, 2.45) is 0 Å².